The van der Waals surface area contributed by atoms with Crippen molar-refractivity contribution < 1.29 is 18.7 Å². The molecule has 10 heteroatoms. The van der Waals surface area contributed by atoms with Gasteiger partial charge in [0.1, 0.15) is 17.4 Å². The van der Waals surface area contributed by atoms with E-state index in [9.17, 15) is 14.0 Å². The summed E-state index contributed by atoms with van der Waals surface area (Å²) < 4.78 is 20.2. The normalized spacial score (nSPS) is 15.5. The van der Waals surface area contributed by atoms with Crippen LogP contribution in [-0.4, -0.2) is 65.6 Å². The molecule has 2 aliphatic rings. The number of halogens is 1. The van der Waals surface area contributed by atoms with Crippen LogP contribution in [0.3, 0.4) is 0 Å². The number of hydrogen-bond donors (Lipinski definition) is 1. The molecule has 4 heterocycles. The molecule has 0 bridgehead atoms. The van der Waals surface area contributed by atoms with E-state index in [1.165, 1.54) is 19.4 Å². The standard InChI is InChI=1S/C28H31FN6O3/c1-28(2,3)32-27(37)34-14-12-33(13-15-34)18-8-9-23(31-16-18)35-17-20-19(26(35)36)10-11-30-25(20)24-21(29)6-5-7-22(24)38-4/h5-11,16H,12-15,17H2,1-4H3,(H,32,37). The van der Waals surface area contributed by atoms with E-state index in [4.69, 9.17) is 4.74 Å². The van der Waals surface area contributed by atoms with Gasteiger partial charge in [-0.2, -0.15) is 0 Å². The quantitative estimate of drug-likeness (QED) is 0.560. The van der Waals surface area contributed by atoms with Crippen LogP contribution in [0.25, 0.3) is 11.3 Å². The molecule has 5 rings (SSSR count). The summed E-state index contributed by atoms with van der Waals surface area (Å²) >= 11 is 0. The number of amides is 3. The van der Waals surface area contributed by atoms with Crippen molar-refractivity contribution in [3.05, 3.63) is 65.7 Å². The van der Waals surface area contributed by atoms with Crippen LogP contribution in [0.5, 0.6) is 5.75 Å². The van der Waals surface area contributed by atoms with Crippen molar-refractivity contribution in [2.24, 2.45) is 0 Å². The van der Waals surface area contributed by atoms with Crippen LogP contribution < -0.4 is 19.9 Å². The number of pyridine rings is 2. The molecule has 198 valence electrons. The van der Waals surface area contributed by atoms with Gasteiger partial charge in [0.25, 0.3) is 5.91 Å². The molecule has 0 aliphatic carbocycles. The van der Waals surface area contributed by atoms with Crippen molar-refractivity contribution >= 4 is 23.4 Å². The molecular formula is C28H31FN6O3. The van der Waals surface area contributed by atoms with E-state index >= 15 is 0 Å². The Labute approximate surface area is 221 Å². The van der Waals surface area contributed by atoms with Crippen LogP contribution in [0, 0.1) is 5.82 Å². The maximum Gasteiger partial charge on any atom is 0.317 e. The zero-order valence-corrected chi connectivity index (χ0v) is 22.0. The minimum atomic E-state index is -0.463. The lowest BCUT2D eigenvalue weighted by atomic mass is 10.0. The molecule has 38 heavy (non-hydrogen) atoms. The summed E-state index contributed by atoms with van der Waals surface area (Å²) in [5.74, 6) is 0.187. The molecule has 0 spiro atoms. The van der Waals surface area contributed by atoms with Crippen molar-refractivity contribution in [2.75, 3.05) is 43.1 Å². The van der Waals surface area contributed by atoms with Crippen LogP contribution >= 0.6 is 0 Å². The van der Waals surface area contributed by atoms with Gasteiger partial charge in [-0.25, -0.2) is 14.2 Å². The molecule has 3 aromatic rings. The van der Waals surface area contributed by atoms with E-state index in [1.54, 1.807) is 29.3 Å². The first-order chi connectivity index (χ1) is 18.2. The number of anilines is 2. The highest BCUT2D eigenvalue weighted by Gasteiger charge is 2.33. The number of aromatic nitrogens is 2. The molecular weight excluding hydrogens is 487 g/mol. The second-order valence-electron chi connectivity index (χ2n) is 10.4. The Bertz CT molecular complexity index is 1360. The summed E-state index contributed by atoms with van der Waals surface area (Å²) in [6, 6.07) is 9.94. The fourth-order valence-electron chi connectivity index (χ4n) is 4.83. The Morgan fingerprint density at radius 1 is 1.05 bits per heavy atom. The number of ether oxygens (including phenoxy) is 1. The molecule has 0 unspecified atom stereocenters. The fraction of sp³-hybridized carbons (Fsp3) is 0.357. The largest absolute Gasteiger partial charge is 0.496 e. The monoisotopic (exact) mass is 518 g/mol. The Hall–Kier alpha value is -4.21. The second kappa shape index (κ2) is 9.92. The Morgan fingerprint density at radius 2 is 1.82 bits per heavy atom. The number of carbonyl (C=O) groups is 2. The van der Waals surface area contributed by atoms with Gasteiger partial charge >= 0.3 is 6.03 Å². The van der Waals surface area contributed by atoms with Gasteiger partial charge in [0.15, 0.2) is 0 Å². The lowest BCUT2D eigenvalue weighted by molar-refractivity contribution is 0.0996. The van der Waals surface area contributed by atoms with Gasteiger partial charge in [-0.15, -0.1) is 0 Å². The number of benzene rings is 1. The number of nitrogens with zero attached hydrogens (tertiary/aromatic N) is 5. The molecule has 9 nitrogen and oxygen atoms in total. The highest BCUT2D eigenvalue weighted by Crippen LogP contribution is 2.38. The van der Waals surface area contributed by atoms with E-state index < -0.39 is 5.82 Å². The van der Waals surface area contributed by atoms with Gasteiger partial charge < -0.3 is 19.9 Å². The fourth-order valence-corrected chi connectivity index (χ4v) is 4.83. The van der Waals surface area contributed by atoms with Crippen molar-refractivity contribution in [2.45, 2.75) is 32.9 Å². The van der Waals surface area contributed by atoms with Crippen LogP contribution in [0.2, 0.25) is 0 Å². The lowest BCUT2D eigenvalue weighted by Gasteiger charge is -2.37. The summed E-state index contributed by atoms with van der Waals surface area (Å²) in [6.45, 7) is 8.71. The zero-order valence-electron chi connectivity index (χ0n) is 22.0. The molecule has 0 saturated carbocycles. The van der Waals surface area contributed by atoms with Crippen molar-refractivity contribution in [3.63, 3.8) is 0 Å². The Balaban J connectivity index is 1.31. The summed E-state index contributed by atoms with van der Waals surface area (Å²) in [4.78, 5) is 40.3. The minimum absolute atomic E-state index is 0.0559. The summed E-state index contributed by atoms with van der Waals surface area (Å²) in [5, 5.41) is 3.00. The topological polar surface area (TPSA) is 90.9 Å². The Kier molecular flexibility index (Phi) is 6.64. The third-order valence-corrected chi connectivity index (χ3v) is 6.70. The van der Waals surface area contributed by atoms with Gasteiger partial charge in [-0.1, -0.05) is 6.07 Å². The van der Waals surface area contributed by atoms with Crippen LogP contribution in [0.1, 0.15) is 36.7 Å². The van der Waals surface area contributed by atoms with Crippen LogP contribution in [0.4, 0.5) is 20.7 Å². The number of carbonyl (C=O) groups excluding carboxylic acids is 2. The third kappa shape index (κ3) is 4.85. The first-order valence-corrected chi connectivity index (χ1v) is 12.6. The molecule has 3 amide bonds. The number of piperazine rings is 1. The number of rotatable bonds is 4. The average molecular weight is 519 g/mol. The van der Waals surface area contributed by atoms with Crippen LogP contribution in [-0.2, 0) is 6.54 Å². The van der Waals surface area contributed by atoms with E-state index in [1.807, 2.05) is 37.8 Å². The highest BCUT2D eigenvalue weighted by atomic mass is 19.1. The van der Waals surface area contributed by atoms with Gasteiger partial charge in [0, 0.05) is 49.0 Å². The number of hydrogen-bond acceptors (Lipinski definition) is 6. The highest BCUT2D eigenvalue weighted by molar-refractivity contribution is 6.10. The van der Waals surface area contributed by atoms with Gasteiger partial charge in [-0.3, -0.25) is 14.7 Å². The van der Waals surface area contributed by atoms with Gasteiger partial charge in [0.05, 0.1) is 36.8 Å². The molecule has 0 radical (unpaired) electrons. The zero-order chi connectivity index (χ0) is 27.0. The first-order valence-electron chi connectivity index (χ1n) is 12.6. The number of urea groups is 1. The maximum absolute atomic E-state index is 14.8. The van der Waals surface area contributed by atoms with E-state index in [0.29, 0.717) is 54.6 Å². The molecule has 1 fully saturated rings. The molecule has 1 aromatic carbocycles. The smallest absolute Gasteiger partial charge is 0.317 e. The number of methoxy groups -OCH3 is 1. The first kappa shape index (κ1) is 25.4. The SMILES string of the molecule is COc1cccc(F)c1-c1nccc2c1CN(c1ccc(N3CCN(C(=O)NC(C)(C)C)CC3)cn1)C2=O. The van der Waals surface area contributed by atoms with Crippen molar-refractivity contribution in [1.29, 1.82) is 0 Å². The molecule has 0 atom stereocenters. The van der Waals surface area contributed by atoms with Crippen molar-refractivity contribution in [1.82, 2.24) is 20.2 Å². The van der Waals surface area contributed by atoms with Gasteiger partial charge in [0.2, 0.25) is 0 Å². The molecule has 2 aromatic heterocycles. The maximum atomic E-state index is 14.8. The minimum Gasteiger partial charge on any atom is -0.496 e. The summed E-state index contributed by atoms with van der Waals surface area (Å²) in [7, 11) is 1.48. The average Bonchev–Trinajstić information content (AvgIpc) is 3.24. The predicted molar refractivity (Wildman–Crippen MR) is 143 cm³/mol. The third-order valence-electron chi connectivity index (χ3n) is 6.70. The summed E-state index contributed by atoms with van der Waals surface area (Å²) in [6.07, 6.45) is 3.26. The van der Waals surface area contributed by atoms with E-state index in [2.05, 4.69) is 20.2 Å². The van der Waals surface area contributed by atoms with Crippen LogP contribution in [0.15, 0.2) is 48.8 Å². The van der Waals surface area contributed by atoms with Crippen molar-refractivity contribution in [3.8, 4) is 17.0 Å². The van der Waals surface area contributed by atoms with E-state index in [-0.39, 0.29) is 29.6 Å². The second-order valence-corrected chi connectivity index (χ2v) is 10.4. The Morgan fingerprint density at radius 3 is 2.47 bits per heavy atom. The molecule has 1 N–H and O–H groups in total. The van der Waals surface area contributed by atoms with E-state index in [0.717, 1.165) is 5.69 Å². The predicted octanol–water partition coefficient (Wildman–Crippen LogP) is 4.08. The number of fused-ring (bicyclic) bond motifs is 1. The lowest BCUT2D eigenvalue weighted by Crippen LogP contribution is -2.55. The summed E-state index contributed by atoms with van der Waals surface area (Å²) in [5.41, 5.74) is 2.37. The number of nitrogens with one attached hydrogen (secondary N) is 1. The van der Waals surface area contributed by atoms with Gasteiger partial charge in [-0.05, 0) is 51.1 Å². The molecule has 1 saturated heterocycles. The molecule has 2 aliphatic heterocycles.